The first-order valence-corrected chi connectivity index (χ1v) is 9.69. The predicted octanol–water partition coefficient (Wildman–Crippen LogP) is 1.87. The van der Waals surface area contributed by atoms with E-state index in [1.165, 1.54) is 4.31 Å². The minimum Gasteiger partial charge on any atom is -0.341 e. The number of hydrogen-bond donors (Lipinski definition) is 0. The Labute approximate surface area is 138 Å². The van der Waals surface area contributed by atoms with E-state index in [2.05, 4.69) is 6.92 Å². The van der Waals surface area contributed by atoms with Gasteiger partial charge < -0.3 is 4.90 Å². The molecule has 0 radical (unpaired) electrons. The zero-order chi connectivity index (χ0) is 16.6. The van der Waals surface area contributed by atoms with E-state index in [-0.39, 0.29) is 11.8 Å². The van der Waals surface area contributed by atoms with Crippen LogP contribution in [0, 0.1) is 18.8 Å². The maximum Gasteiger partial charge on any atom is 0.243 e. The molecule has 2 aliphatic rings. The standard InChI is InChI=1S/C17H24N2O3S/c1-13-4-6-15(7-5-13)23(21,22)19-9-3-8-18(10-11-19)17(20)16-12-14(16)2/h4-7,14,16H,3,8-12H2,1-2H3/t14-,16-/m0/s1. The lowest BCUT2D eigenvalue weighted by Crippen LogP contribution is -2.38. The second-order valence-corrected chi connectivity index (χ2v) is 8.65. The van der Waals surface area contributed by atoms with Gasteiger partial charge in [-0.05, 0) is 37.8 Å². The Bertz CT molecular complexity index is 684. The smallest absolute Gasteiger partial charge is 0.243 e. The normalized spacial score (nSPS) is 25.9. The van der Waals surface area contributed by atoms with Crippen LogP contribution in [0.3, 0.4) is 0 Å². The first kappa shape index (κ1) is 16.5. The van der Waals surface area contributed by atoms with Crippen LogP contribution >= 0.6 is 0 Å². The number of carbonyl (C=O) groups is 1. The number of sulfonamides is 1. The minimum atomic E-state index is -3.47. The molecule has 23 heavy (non-hydrogen) atoms. The monoisotopic (exact) mass is 336 g/mol. The molecule has 1 aliphatic carbocycles. The number of hydrogen-bond acceptors (Lipinski definition) is 3. The van der Waals surface area contributed by atoms with Crippen molar-refractivity contribution in [3.63, 3.8) is 0 Å². The van der Waals surface area contributed by atoms with Crippen LogP contribution in [0.2, 0.25) is 0 Å². The molecule has 2 fully saturated rings. The van der Waals surface area contributed by atoms with Crippen molar-refractivity contribution in [3.05, 3.63) is 29.8 Å². The summed E-state index contributed by atoms with van der Waals surface area (Å²) in [5.74, 6) is 0.848. The van der Waals surface area contributed by atoms with Gasteiger partial charge in [-0.3, -0.25) is 4.79 Å². The van der Waals surface area contributed by atoms with Gasteiger partial charge in [0.05, 0.1) is 4.90 Å². The van der Waals surface area contributed by atoms with E-state index in [4.69, 9.17) is 0 Å². The molecule has 1 saturated heterocycles. The molecule has 1 aromatic carbocycles. The average molecular weight is 336 g/mol. The van der Waals surface area contributed by atoms with Gasteiger partial charge in [-0.15, -0.1) is 0 Å². The quantitative estimate of drug-likeness (QED) is 0.847. The third-order valence-corrected chi connectivity index (χ3v) is 6.76. The van der Waals surface area contributed by atoms with Crippen LogP contribution in [0.15, 0.2) is 29.2 Å². The van der Waals surface area contributed by atoms with Crippen molar-refractivity contribution in [2.45, 2.75) is 31.6 Å². The number of amides is 1. The van der Waals surface area contributed by atoms with Crippen LogP contribution in [0.5, 0.6) is 0 Å². The zero-order valence-corrected chi connectivity index (χ0v) is 14.6. The SMILES string of the molecule is Cc1ccc(S(=O)(=O)N2CCCN(C(=O)[C@H]3C[C@@H]3C)CC2)cc1. The summed E-state index contributed by atoms with van der Waals surface area (Å²) in [7, 11) is -3.47. The van der Waals surface area contributed by atoms with Gasteiger partial charge in [0, 0.05) is 32.1 Å². The third-order valence-electron chi connectivity index (χ3n) is 4.85. The Morgan fingerprint density at radius 3 is 2.35 bits per heavy atom. The topological polar surface area (TPSA) is 57.7 Å². The highest BCUT2D eigenvalue weighted by atomic mass is 32.2. The fourth-order valence-electron chi connectivity index (χ4n) is 3.11. The van der Waals surface area contributed by atoms with Crippen molar-refractivity contribution < 1.29 is 13.2 Å². The second-order valence-electron chi connectivity index (χ2n) is 6.72. The van der Waals surface area contributed by atoms with Crippen LogP contribution in [-0.4, -0.2) is 49.7 Å². The molecule has 0 unspecified atom stereocenters. The summed E-state index contributed by atoms with van der Waals surface area (Å²) in [5.41, 5.74) is 1.04. The van der Waals surface area contributed by atoms with Gasteiger partial charge in [-0.25, -0.2) is 8.42 Å². The van der Waals surface area contributed by atoms with Crippen LogP contribution in [0.1, 0.15) is 25.3 Å². The highest BCUT2D eigenvalue weighted by Gasteiger charge is 2.42. The van der Waals surface area contributed by atoms with Crippen molar-refractivity contribution in [1.82, 2.24) is 9.21 Å². The molecule has 5 nitrogen and oxygen atoms in total. The summed E-state index contributed by atoms with van der Waals surface area (Å²) >= 11 is 0. The Kier molecular flexibility index (Phi) is 4.47. The molecule has 0 N–H and O–H groups in total. The molecular formula is C17H24N2O3S. The molecule has 0 aromatic heterocycles. The fraction of sp³-hybridized carbons (Fsp3) is 0.588. The van der Waals surface area contributed by atoms with Gasteiger partial charge in [0.2, 0.25) is 15.9 Å². The number of aryl methyl sites for hydroxylation is 1. The van der Waals surface area contributed by atoms with Gasteiger partial charge in [0.25, 0.3) is 0 Å². The Morgan fingerprint density at radius 2 is 1.74 bits per heavy atom. The number of carbonyl (C=O) groups excluding carboxylic acids is 1. The molecule has 1 saturated carbocycles. The van der Waals surface area contributed by atoms with Gasteiger partial charge in [0.15, 0.2) is 0 Å². The molecule has 2 atom stereocenters. The maximum absolute atomic E-state index is 12.7. The molecule has 0 spiro atoms. The summed E-state index contributed by atoms with van der Waals surface area (Å²) in [6.45, 7) is 6.03. The lowest BCUT2D eigenvalue weighted by Gasteiger charge is -2.22. The summed E-state index contributed by atoms with van der Waals surface area (Å²) in [5, 5.41) is 0. The second kappa shape index (κ2) is 6.24. The minimum absolute atomic E-state index is 0.162. The van der Waals surface area contributed by atoms with Gasteiger partial charge >= 0.3 is 0 Å². The number of benzene rings is 1. The van der Waals surface area contributed by atoms with Gasteiger partial charge in [-0.1, -0.05) is 24.6 Å². The summed E-state index contributed by atoms with van der Waals surface area (Å²) in [4.78, 5) is 14.5. The van der Waals surface area contributed by atoms with Crippen molar-refractivity contribution in [2.75, 3.05) is 26.2 Å². The largest absolute Gasteiger partial charge is 0.341 e. The molecular weight excluding hydrogens is 312 g/mol. The summed E-state index contributed by atoms with van der Waals surface area (Å²) in [6.07, 6.45) is 1.67. The van der Waals surface area contributed by atoms with E-state index in [1.54, 1.807) is 12.1 Å². The lowest BCUT2D eigenvalue weighted by atomic mass is 10.2. The first-order chi connectivity index (χ1) is 10.9. The van der Waals surface area contributed by atoms with E-state index in [0.29, 0.717) is 43.4 Å². The van der Waals surface area contributed by atoms with Crippen molar-refractivity contribution in [1.29, 1.82) is 0 Å². The van der Waals surface area contributed by atoms with Crippen molar-refractivity contribution >= 4 is 15.9 Å². The number of rotatable bonds is 3. The molecule has 1 heterocycles. The van der Waals surface area contributed by atoms with Gasteiger partial charge in [-0.2, -0.15) is 4.31 Å². The van der Waals surface area contributed by atoms with Crippen molar-refractivity contribution in [3.8, 4) is 0 Å². The van der Waals surface area contributed by atoms with Crippen molar-refractivity contribution in [2.24, 2.45) is 11.8 Å². The molecule has 1 amide bonds. The first-order valence-electron chi connectivity index (χ1n) is 8.25. The third kappa shape index (κ3) is 3.43. The van der Waals surface area contributed by atoms with E-state index < -0.39 is 10.0 Å². The molecule has 0 bridgehead atoms. The molecule has 1 aromatic rings. The molecule has 6 heteroatoms. The van der Waals surface area contributed by atoms with Crippen LogP contribution < -0.4 is 0 Å². The Hall–Kier alpha value is -1.40. The predicted molar refractivity (Wildman–Crippen MR) is 88.4 cm³/mol. The molecule has 3 rings (SSSR count). The maximum atomic E-state index is 12.7. The van der Waals surface area contributed by atoms with Gasteiger partial charge in [0.1, 0.15) is 0 Å². The van der Waals surface area contributed by atoms with Crippen LogP contribution in [-0.2, 0) is 14.8 Å². The summed E-state index contributed by atoms with van der Waals surface area (Å²) < 4.78 is 27.0. The molecule has 126 valence electrons. The zero-order valence-electron chi connectivity index (χ0n) is 13.7. The van der Waals surface area contributed by atoms with E-state index >= 15 is 0 Å². The summed E-state index contributed by atoms with van der Waals surface area (Å²) in [6, 6.07) is 6.94. The van der Waals surface area contributed by atoms with Crippen LogP contribution in [0.25, 0.3) is 0 Å². The van der Waals surface area contributed by atoms with Crippen LogP contribution in [0.4, 0.5) is 0 Å². The fourth-order valence-corrected chi connectivity index (χ4v) is 4.58. The highest BCUT2D eigenvalue weighted by molar-refractivity contribution is 7.89. The Balaban J connectivity index is 1.69. The lowest BCUT2D eigenvalue weighted by molar-refractivity contribution is -0.132. The average Bonchev–Trinajstić information content (AvgIpc) is 3.28. The van der Waals surface area contributed by atoms with E-state index in [0.717, 1.165) is 12.0 Å². The highest BCUT2D eigenvalue weighted by Crippen LogP contribution is 2.39. The number of nitrogens with zero attached hydrogens (tertiary/aromatic N) is 2. The molecule has 1 aliphatic heterocycles. The Morgan fingerprint density at radius 1 is 1.09 bits per heavy atom. The van der Waals surface area contributed by atoms with E-state index in [9.17, 15) is 13.2 Å². The van der Waals surface area contributed by atoms with E-state index in [1.807, 2.05) is 24.0 Å².